The fourth-order valence-corrected chi connectivity index (χ4v) is 1.81. The number of rotatable bonds is 5. The molecule has 0 unspecified atom stereocenters. The zero-order valence-corrected chi connectivity index (χ0v) is 12.7. The molecule has 1 N–H and O–H groups in total. The molecule has 0 radical (unpaired) electrons. The van der Waals surface area contributed by atoms with Gasteiger partial charge < -0.3 is 19.3 Å². The largest absolute Gasteiger partial charge is 0.573 e. The van der Waals surface area contributed by atoms with Crippen molar-refractivity contribution in [1.82, 2.24) is 4.98 Å². The average molecular weight is 400 g/mol. The zero-order valence-electron chi connectivity index (χ0n) is 15.7. The molecule has 0 bridgehead atoms. The zero-order chi connectivity index (χ0) is 22.9. The summed E-state index contributed by atoms with van der Waals surface area (Å²) in [6.07, 6.45) is -9.83. The number of aromatic carboxylic acids is 1. The highest BCUT2D eigenvalue weighted by atomic mass is 19.4. The maximum atomic E-state index is 12.9. The number of pyridine rings is 1. The van der Waals surface area contributed by atoms with E-state index in [1.54, 1.807) is 0 Å². The fourth-order valence-electron chi connectivity index (χ4n) is 1.81. The van der Waals surface area contributed by atoms with Crippen LogP contribution >= 0.6 is 0 Å². The van der Waals surface area contributed by atoms with Crippen molar-refractivity contribution in [3.8, 4) is 23.0 Å². The third-order valence-corrected chi connectivity index (χ3v) is 2.86. The second-order valence-corrected chi connectivity index (χ2v) is 4.73. The summed E-state index contributed by atoms with van der Waals surface area (Å²) >= 11 is 0. The first-order chi connectivity index (χ1) is 13.5. The minimum Gasteiger partial charge on any atom is -0.493 e. The van der Waals surface area contributed by atoms with Crippen molar-refractivity contribution in [2.24, 2.45) is 0 Å². The van der Waals surface area contributed by atoms with Crippen LogP contribution in [0.15, 0.2) is 30.5 Å². The smallest absolute Gasteiger partial charge is 0.493 e. The number of aromatic nitrogens is 1. The van der Waals surface area contributed by atoms with Gasteiger partial charge in [0.05, 0.1) is 16.7 Å². The molecule has 1 aromatic heterocycles. The molecule has 0 fully saturated rings. The molecule has 0 atom stereocenters. The summed E-state index contributed by atoms with van der Waals surface area (Å²) in [4.78, 5) is 14.3. The van der Waals surface area contributed by atoms with Crippen molar-refractivity contribution >= 4 is 5.97 Å². The van der Waals surface area contributed by atoms with Crippen molar-refractivity contribution < 1.29 is 54.6 Å². The molecule has 0 spiro atoms. The summed E-state index contributed by atoms with van der Waals surface area (Å²) in [6, 6.07) is 2.07. The topological polar surface area (TPSA) is 77.9 Å². The second-order valence-electron chi connectivity index (χ2n) is 4.73. The summed E-state index contributed by atoms with van der Waals surface area (Å²) in [6.45, 7) is 0. The van der Waals surface area contributed by atoms with Gasteiger partial charge in [0.2, 0.25) is 0 Å². The normalized spacial score (nSPS) is 13.9. The molecule has 0 aliphatic heterocycles. The first kappa shape index (κ1) is 16.0. The summed E-state index contributed by atoms with van der Waals surface area (Å²) in [7, 11) is -3.20. The lowest BCUT2D eigenvalue weighted by Crippen LogP contribution is -2.17. The van der Waals surface area contributed by atoms with Gasteiger partial charge in [-0.2, -0.15) is 13.2 Å². The van der Waals surface area contributed by atoms with Gasteiger partial charge in [0.25, 0.3) is 0 Å². The van der Waals surface area contributed by atoms with Crippen LogP contribution < -0.4 is 14.2 Å². The number of hydrogen-bond donors (Lipinski definition) is 1. The van der Waals surface area contributed by atoms with Gasteiger partial charge in [-0.05, 0) is 18.2 Å². The molecule has 0 saturated heterocycles. The van der Waals surface area contributed by atoms with E-state index in [-0.39, 0.29) is 12.3 Å². The first-order valence-electron chi connectivity index (χ1n) is 8.12. The molecule has 2 rings (SSSR count). The minimum absolute atomic E-state index is 0.233. The molecule has 0 aliphatic rings. The molecule has 1 aromatic carbocycles. The molecular formula is C15H9F6NO5. The van der Waals surface area contributed by atoms with Gasteiger partial charge >= 0.3 is 18.5 Å². The number of carbonyl (C=O) groups is 1. The van der Waals surface area contributed by atoms with E-state index in [1.165, 1.54) is 0 Å². The summed E-state index contributed by atoms with van der Waals surface area (Å²) in [5.41, 5.74) is -2.36. The lowest BCUT2D eigenvalue weighted by molar-refractivity contribution is -0.274. The number of hydrogen-bond acceptors (Lipinski definition) is 5. The van der Waals surface area contributed by atoms with Crippen LogP contribution in [-0.4, -0.2) is 29.5 Å². The lowest BCUT2D eigenvalue weighted by Gasteiger charge is -2.15. The van der Waals surface area contributed by atoms with Crippen LogP contribution in [0.5, 0.6) is 23.0 Å². The van der Waals surface area contributed by atoms with E-state index < -0.39 is 59.8 Å². The predicted octanol–water partition coefficient (Wildman–Crippen LogP) is 4.50. The summed E-state index contributed by atoms with van der Waals surface area (Å²) < 4.78 is 110. The Morgan fingerprint density at radius 1 is 1.11 bits per heavy atom. The third kappa shape index (κ3) is 5.15. The Balaban J connectivity index is 2.54. The van der Waals surface area contributed by atoms with E-state index in [1.807, 2.05) is 0 Å². The summed E-state index contributed by atoms with van der Waals surface area (Å²) in [5.74, 6) is -5.25. The number of benzene rings is 1. The highest BCUT2D eigenvalue weighted by molar-refractivity contribution is 5.88. The Morgan fingerprint density at radius 2 is 1.81 bits per heavy atom. The van der Waals surface area contributed by atoms with Crippen molar-refractivity contribution in [2.45, 2.75) is 12.5 Å². The number of ether oxygens (including phenoxy) is 3. The van der Waals surface area contributed by atoms with Crippen LogP contribution in [0.2, 0.25) is 0 Å². The van der Waals surface area contributed by atoms with Crippen LogP contribution in [-0.2, 0) is 6.18 Å². The van der Waals surface area contributed by atoms with Crippen LogP contribution in [0.4, 0.5) is 26.3 Å². The van der Waals surface area contributed by atoms with Gasteiger partial charge in [-0.3, -0.25) is 0 Å². The molecular weight excluding hydrogens is 388 g/mol. The number of carboxylic acids is 1. The Kier molecular flexibility index (Phi) is 4.28. The van der Waals surface area contributed by atoms with Crippen LogP contribution in [0, 0.1) is 0 Å². The van der Waals surface area contributed by atoms with Crippen molar-refractivity contribution in [3.63, 3.8) is 0 Å². The van der Waals surface area contributed by atoms with Gasteiger partial charge in [0.15, 0.2) is 22.9 Å². The quantitative estimate of drug-likeness (QED) is 0.745. The number of carboxylic acid groups (broad SMARTS) is 1. The van der Waals surface area contributed by atoms with Crippen LogP contribution in [0.25, 0.3) is 0 Å². The maximum absolute atomic E-state index is 12.9. The molecule has 12 heteroatoms. The number of nitrogens with zero attached hydrogens (tertiary/aromatic N) is 1. The monoisotopic (exact) mass is 400 g/mol. The molecule has 1 heterocycles. The Labute approximate surface area is 151 Å². The standard InChI is InChI=1S/C15H9F6NO5/c1-25-10-5-8(27-15(19,20)21)2-3-9(10)26-11-4-7(14(16,17)18)6-22-12(11)13(23)24/h2-6H,1H3,(H,23,24)/i1D3. The molecule has 0 saturated carbocycles. The van der Waals surface area contributed by atoms with Gasteiger partial charge in [0.1, 0.15) is 5.75 Å². The van der Waals surface area contributed by atoms with E-state index in [0.29, 0.717) is 18.2 Å². The Hall–Kier alpha value is -3.18. The van der Waals surface area contributed by atoms with Crippen molar-refractivity contribution in [1.29, 1.82) is 0 Å². The third-order valence-electron chi connectivity index (χ3n) is 2.86. The van der Waals surface area contributed by atoms with Gasteiger partial charge in [0, 0.05) is 12.3 Å². The number of halogens is 6. The van der Waals surface area contributed by atoms with Crippen molar-refractivity contribution in [2.75, 3.05) is 7.04 Å². The Morgan fingerprint density at radius 3 is 2.37 bits per heavy atom. The SMILES string of the molecule is [2H]C([2H])([2H])Oc1cc(OC(F)(F)F)ccc1Oc1cc(C(F)(F)F)cnc1C(=O)O. The van der Waals surface area contributed by atoms with E-state index in [2.05, 4.69) is 14.5 Å². The Bertz CT molecular complexity index is 946. The molecule has 146 valence electrons. The van der Waals surface area contributed by atoms with Crippen molar-refractivity contribution in [3.05, 3.63) is 41.7 Å². The highest BCUT2D eigenvalue weighted by Crippen LogP contribution is 2.39. The second kappa shape index (κ2) is 7.21. The average Bonchev–Trinajstić information content (AvgIpc) is 2.53. The van der Waals surface area contributed by atoms with E-state index in [0.717, 1.165) is 0 Å². The van der Waals surface area contributed by atoms with E-state index in [4.69, 9.17) is 14.0 Å². The van der Waals surface area contributed by atoms with E-state index >= 15 is 0 Å². The van der Waals surface area contributed by atoms with Crippen LogP contribution in [0.1, 0.15) is 20.2 Å². The number of methoxy groups -OCH3 is 1. The van der Waals surface area contributed by atoms with Gasteiger partial charge in [-0.15, -0.1) is 13.2 Å². The van der Waals surface area contributed by atoms with Crippen LogP contribution in [0.3, 0.4) is 0 Å². The fraction of sp³-hybridized carbons (Fsp3) is 0.200. The maximum Gasteiger partial charge on any atom is 0.573 e. The van der Waals surface area contributed by atoms with Gasteiger partial charge in [-0.25, -0.2) is 9.78 Å². The molecule has 27 heavy (non-hydrogen) atoms. The molecule has 6 nitrogen and oxygen atoms in total. The lowest BCUT2D eigenvalue weighted by atomic mass is 10.2. The first-order valence-corrected chi connectivity index (χ1v) is 6.62. The van der Waals surface area contributed by atoms with E-state index in [9.17, 15) is 31.1 Å². The molecule has 0 amide bonds. The highest BCUT2D eigenvalue weighted by Gasteiger charge is 2.33. The molecule has 2 aromatic rings. The predicted molar refractivity (Wildman–Crippen MR) is 75.9 cm³/mol. The van der Waals surface area contributed by atoms with Gasteiger partial charge in [-0.1, -0.05) is 0 Å². The molecule has 0 aliphatic carbocycles. The summed E-state index contributed by atoms with van der Waals surface area (Å²) in [5, 5.41) is 9.07. The number of alkyl halides is 6. The minimum atomic E-state index is -5.14.